The van der Waals surface area contributed by atoms with E-state index >= 15 is 0 Å². The fourth-order valence-corrected chi connectivity index (χ4v) is 3.00. The van der Waals surface area contributed by atoms with Crippen LogP contribution in [0.15, 0.2) is 54.9 Å². The second-order valence-corrected chi connectivity index (χ2v) is 6.42. The zero-order valence-corrected chi connectivity index (χ0v) is 14.9. The second kappa shape index (κ2) is 8.93. The molecule has 2 heterocycles. The lowest BCUT2D eigenvalue weighted by Gasteiger charge is -2.32. The summed E-state index contributed by atoms with van der Waals surface area (Å²) >= 11 is 0. The first-order valence-electron chi connectivity index (χ1n) is 8.95. The molecular weight excluding hydrogens is 344 g/mol. The Bertz CT molecular complexity index is 787. The highest BCUT2D eigenvalue weighted by Gasteiger charge is 2.24. The molecule has 1 aromatic carbocycles. The van der Waals surface area contributed by atoms with E-state index in [0.717, 1.165) is 0 Å². The maximum atomic E-state index is 12.3. The Morgan fingerprint density at radius 2 is 1.67 bits per heavy atom. The number of nitrogens with one attached hydrogen (secondary N) is 2. The Morgan fingerprint density at radius 3 is 2.33 bits per heavy atom. The van der Waals surface area contributed by atoms with Gasteiger partial charge in [0.1, 0.15) is 0 Å². The molecule has 7 nitrogen and oxygen atoms in total. The van der Waals surface area contributed by atoms with Crippen molar-refractivity contribution in [2.24, 2.45) is 0 Å². The summed E-state index contributed by atoms with van der Waals surface area (Å²) in [6, 6.07) is 12.3. The van der Waals surface area contributed by atoms with E-state index in [1.807, 2.05) is 6.07 Å². The van der Waals surface area contributed by atoms with Gasteiger partial charge in [-0.1, -0.05) is 18.2 Å². The normalized spacial score (nSPS) is 14.4. The molecule has 0 aliphatic carbocycles. The third-order valence-corrected chi connectivity index (χ3v) is 4.54. The highest BCUT2D eigenvalue weighted by Crippen LogP contribution is 2.11. The second-order valence-electron chi connectivity index (χ2n) is 6.42. The minimum Gasteiger partial charge on any atom is -0.349 e. The van der Waals surface area contributed by atoms with Crippen LogP contribution in [0.5, 0.6) is 0 Å². The highest BCUT2D eigenvalue weighted by molar-refractivity contribution is 5.96. The minimum absolute atomic E-state index is 0.0273. The minimum atomic E-state index is -0.262. The predicted octanol–water partition coefficient (Wildman–Crippen LogP) is 1.23. The van der Waals surface area contributed by atoms with E-state index < -0.39 is 0 Å². The Hall–Kier alpha value is -3.22. The molecule has 1 saturated heterocycles. The highest BCUT2D eigenvalue weighted by atomic mass is 16.2. The summed E-state index contributed by atoms with van der Waals surface area (Å²) in [7, 11) is 0. The van der Waals surface area contributed by atoms with Gasteiger partial charge in [0.2, 0.25) is 5.91 Å². The van der Waals surface area contributed by atoms with Gasteiger partial charge < -0.3 is 15.5 Å². The van der Waals surface area contributed by atoms with Crippen LogP contribution in [0.25, 0.3) is 0 Å². The number of pyridine rings is 1. The Balaban J connectivity index is 1.41. The van der Waals surface area contributed by atoms with Crippen molar-refractivity contribution in [1.82, 2.24) is 20.5 Å². The van der Waals surface area contributed by atoms with Gasteiger partial charge in [-0.05, 0) is 37.1 Å². The van der Waals surface area contributed by atoms with Gasteiger partial charge in [-0.3, -0.25) is 19.4 Å². The number of hydrogen-bond donors (Lipinski definition) is 2. The molecule has 1 aliphatic rings. The van der Waals surface area contributed by atoms with E-state index in [1.54, 1.807) is 47.5 Å². The average Bonchev–Trinajstić information content (AvgIpc) is 2.73. The van der Waals surface area contributed by atoms with Crippen LogP contribution in [0.1, 0.15) is 33.6 Å². The lowest BCUT2D eigenvalue weighted by atomic mass is 10.0. The van der Waals surface area contributed by atoms with Crippen LogP contribution in [0.4, 0.5) is 0 Å². The number of amides is 3. The summed E-state index contributed by atoms with van der Waals surface area (Å²) in [6.07, 6.45) is 4.52. The van der Waals surface area contributed by atoms with Crippen LogP contribution in [-0.2, 0) is 4.79 Å². The molecule has 1 fully saturated rings. The van der Waals surface area contributed by atoms with E-state index in [0.29, 0.717) is 37.1 Å². The summed E-state index contributed by atoms with van der Waals surface area (Å²) in [5.74, 6) is -0.526. The molecule has 0 spiro atoms. The van der Waals surface area contributed by atoms with Crippen molar-refractivity contribution in [1.29, 1.82) is 0 Å². The third-order valence-electron chi connectivity index (χ3n) is 4.54. The number of piperidine rings is 1. The monoisotopic (exact) mass is 366 g/mol. The molecule has 7 heteroatoms. The SMILES string of the molecule is O=C(NCC(=O)N1CCC(NC(=O)c2cccnc2)CC1)c1ccccc1. The number of carbonyl (C=O) groups is 3. The van der Waals surface area contributed by atoms with Gasteiger partial charge in [-0.25, -0.2) is 0 Å². The van der Waals surface area contributed by atoms with Crippen molar-refractivity contribution in [3.05, 3.63) is 66.0 Å². The van der Waals surface area contributed by atoms with E-state index in [2.05, 4.69) is 15.6 Å². The number of nitrogens with zero attached hydrogens (tertiary/aromatic N) is 2. The average molecular weight is 366 g/mol. The molecule has 0 unspecified atom stereocenters. The first-order valence-corrected chi connectivity index (χ1v) is 8.95. The van der Waals surface area contributed by atoms with Gasteiger partial charge >= 0.3 is 0 Å². The fraction of sp³-hybridized carbons (Fsp3) is 0.300. The molecular formula is C20H22N4O3. The molecule has 0 atom stereocenters. The van der Waals surface area contributed by atoms with Gasteiger partial charge in [-0.15, -0.1) is 0 Å². The van der Waals surface area contributed by atoms with Crippen LogP contribution in [-0.4, -0.2) is 53.3 Å². The maximum absolute atomic E-state index is 12.3. The number of likely N-dealkylation sites (tertiary alicyclic amines) is 1. The van der Waals surface area contributed by atoms with Crippen molar-refractivity contribution < 1.29 is 14.4 Å². The molecule has 3 rings (SSSR count). The number of hydrogen-bond acceptors (Lipinski definition) is 4. The summed E-state index contributed by atoms with van der Waals surface area (Å²) in [5, 5.41) is 5.63. The fourth-order valence-electron chi connectivity index (χ4n) is 3.00. The van der Waals surface area contributed by atoms with Crippen molar-refractivity contribution in [3.8, 4) is 0 Å². The van der Waals surface area contributed by atoms with E-state index in [9.17, 15) is 14.4 Å². The first-order chi connectivity index (χ1) is 13.1. The summed E-state index contributed by atoms with van der Waals surface area (Å²) in [6.45, 7) is 1.08. The molecule has 27 heavy (non-hydrogen) atoms. The molecule has 0 radical (unpaired) electrons. The van der Waals surface area contributed by atoms with Crippen molar-refractivity contribution in [2.45, 2.75) is 18.9 Å². The maximum Gasteiger partial charge on any atom is 0.253 e. The summed E-state index contributed by atoms with van der Waals surface area (Å²) in [4.78, 5) is 42.1. The van der Waals surface area contributed by atoms with E-state index in [4.69, 9.17) is 0 Å². The summed E-state index contributed by atoms with van der Waals surface area (Å²) in [5.41, 5.74) is 1.06. The van der Waals surface area contributed by atoms with Crippen LogP contribution in [0.2, 0.25) is 0 Å². The largest absolute Gasteiger partial charge is 0.349 e. The Kier molecular flexibility index (Phi) is 6.14. The topological polar surface area (TPSA) is 91.4 Å². The molecule has 2 N–H and O–H groups in total. The van der Waals surface area contributed by atoms with Gasteiger partial charge in [0.15, 0.2) is 0 Å². The number of rotatable bonds is 5. The molecule has 2 aromatic rings. The molecule has 1 aromatic heterocycles. The van der Waals surface area contributed by atoms with Gasteiger partial charge in [-0.2, -0.15) is 0 Å². The molecule has 1 aliphatic heterocycles. The zero-order chi connectivity index (χ0) is 19.1. The van der Waals surface area contributed by atoms with Gasteiger partial charge in [0, 0.05) is 37.1 Å². The van der Waals surface area contributed by atoms with Crippen LogP contribution in [0, 0.1) is 0 Å². The first kappa shape index (κ1) is 18.6. The smallest absolute Gasteiger partial charge is 0.253 e. The van der Waals surface area contributed by atoms with E-state index in [-0.39, 0.29) is 30.3 Å². The van der Waals surface area contributed by atoms with Crippen LogP contribution >= 0.6 is 0 Å². The number of benzene rings is 1. The van der Waals surface area contributed by atoms with Gasteiger partial charge in [0.05, 0.1) is 12.1 Å². The molecule has 3 amide bonds. The molecule has 0 saturated carbocycles. The van der Waals surface area contributed by atoms with Crippen LogP contribution in [0.3, 0.4) is 0 Å². The number of carbonyl (C=O) groups excluding carboxylic acids is 3. The van der Waals surface area contributed by atoms with Crippen LogP contribution < -0.4 is 10.6 Å². The lowest BCUT2D eigenvalue weighted by Crippen LogP contribution is -2.49. The Labute approximate surface area is 157 Å². The standard InChI is InChI=1S/C20H22N4O3/c25-18(14-22-19(26)15-5-2-1-3-6-15)24-11-8-17(9-12-24)23-20(27)16-7-4-10-21-13-16/h1-7,10,13,17H,8-9,11-12,14H2,(H,22,26)(H,23,27). The summed E-state index contributed by atoms with van der Waals surface area (Å²) < 4.78 is 0. The third kappa shape index (κ3) is 5.13. The quantitative estimate of drug-likeness (QED) is 0.833. The van der Waals surface area contributed by atoms with E-state index in [1.165, 1.54) is 6.20 Å². The molecule has 0 bridgehead atoms. The lowest BCUT2D eigenvalue weighted by molar-refractivity contribution is -0.131. The predicted molar refractivity (Wildman–Crippen MR) is 100 cm³/mol. The van der Waals surface area contributed by atoms with Crippen molar-refractivity contribution in [3.63, 3.8) is 0 Å². The van der Waals surface area contributed by atoms with Gasteiger partial charge in [0.25, 0.3) is 11.8 Å². The zero-order valence-electron chi connectivity index (χ0n) is 14.9. The molecule has 140 valence electrons. The van der Waals surface area contributed by atoms with Crippen molar-refractivity contribution in [2.75, 3.05) is 19.6 Å². The number of aromatic nitrogens is 1. The van der Waals surface area contributed by atoms with Crippen molar-refractivity contribution >= 4 is 17.7 Å². The Morgan fingerprint density at radius 1 is 0.963 bits per heavy atom.